The summed E-state index contributed by atoms with van der Waals surface area (Å²) in [5.74, 6) is -3.92. The Bertz CT molecular complexity index is 5440. The number of hydrogen-bond acceptors (Lipinski definition) is 22. The van der Waals surface area contributed by atoms with E-state index in [4.69, 9.17) is 32.9 Å². The molecule has 0 aromatic heterocycles. The highest BCUT2D eigenvalue weighted by molar-refractivity contribution is 7.60. The third-order valence-electron chi connectivity index (χ3n) is 31.2. The molecule has 3 unspecified atom stereocenters. The van der Waals surface area contributed by atoms with Crippen LogP contribution in [-0.2, 0) is 134 Å². The zero-order chi connectivity index (χ0) is 105. The SMILES string of the molecule is C=C[C@@H]1C[C@]1(NC(=O)[C@@H]1C[C@@H]2CN1C(=O)[C@H](C(C)(C)C)NC(=O)OC[C@H](C)CCCCc1cccc3c1CN(C3)C(=O)O2)P(=O)(O)CC.CCOP(=O)(O)[C@@]1(NC(=O)[C@@H]2C[C@@H]3CN2C(=O)[C@H](C(C)(C)C)NC(=O)OC[C@H](C)CCCCc2cccc4c2CN(C4)C(=O)O3)C[C@H]1CC.CC[C@@H]1C[C@]1(NC(=O)[C@@H]1C[C@@H]2CN1C(=O)[C@H](C(C)(C)C)NC(=O)OC[C@H](C)CCCCc1cccc3c1CN(C3)C(=O)O2)P(C)(=O)O. The number of carbonyl (C=O) groups is 12. The Labute approximate surface area is 846 Å². The smallest absolute Gasteiger partial charge is 0.410 e. The normalized spacial score (nSPS) is 31.3. The molecule has 3 saturated heterocycles. The number of carbonyl (C=O) groups excluding carboxylic acids is 12. The number of cyclic esters (lactones) is 3. The summed E-state index contributed by atoms with van der Waals surface area (Å²) in [6.07, 6.45) is 8.23. The first kappa shape index (κ1) is 112. The van der Waals surface area contributed by atoms with Gasteiger partial charge in [0.2, 0.25) is 50.2 Å². The van der Waals surface area contributed by atoms with Gasteiger partial charge < -0.3 is 94.2 Å². The van der Waals surface area contributed by atoms with E-state index in [-0.39, 0.29) is 114 Å². The van der Waals surface area contributed by atoms with Gasteiger partial charge in [-0.3, -0.25) is 57.2 Å². The maximum absolute atomic E-state index is 14.4. The fraction of sp³-hybridized carbons (Fsp3) is 0.692. The van der Waals surface area contributed by atoms with Gasteiger partial charge >= 0.3 is 44.2 Å². The van der Waals surface area contributed by atoms with E-state index in [9.17, 15) is 85.9 Å². The number of benzene rings is 3. The van der Waals surface area contributed by atoms with Gasteiger partial charge in [0.05, 0.1) is 46.1 Å². The maximum Gasteiger partial charge on any atom is 0.410 e. The van der Waals surface area contributed by atoms with Gasteiger partial charge in [-0.2, -0.15) is 0 Å². The molecule has 37 nitrogen and oxygen atoms in total. The zero-order valence-electron chi connectivity index (χ0n) is 87.0. The van der Waals surface area contributed by atoms with E-state index in [1.165, 1.54) is 38.1 Å². The van der Waals surface area contributed by atoms with E-state index in [2.05, 4.69) is 56.7 Å². The van der Waals surface area contributed by atoms with Gasteiger partial charge in [0.15, 0.2) is 0 Å². The number of rotatable bonds is 15. The van der Waals surface area contributed by atoms with Gasteiger partial charge in [0.1, 0.15) is 70.4 Å². The molecular formula is C104H155N12O25P3. The van der Waals surface area contributed by atoms with Crippen molar-refractivity contribution in [1.82, 2.24) is 61.3 Å². The van der Waals surface area contributed by atoms with Crippen molar-refractivity contribution in [3.8, 4) is 0 Å². The second-order valence-electron chi connectivity index (χ2n) is 45.4. The molecule has 9 heterocycles. The van der Waals surface area contributed by atoms with Gasteiger partial charge in [0, 0.05) is 77.3 Å². The molecule has 15 rings (SSSR count). The van der Waals surface area contributed by atoms with Gasteiger partial charge in [-0.1, -0.05) is 197 Å². The summed E-state index contributed by atoms with van der Waals surface area (Å²) in [7, 11) is -11.8. The standard InChI is InChI=1S/C35H53N4O9P.C35H51N4O8P.C34H51N4O8P/c1-7-25-17-35(25,49(44,45)47-8-2)37-30(40)28-16-26-19-39(28)31(41)29(34(4,5)6)36-32(42)46-21-22(3)12-9-10-13-23-14-11-15-24-18-38(20-27(23)24)33(43)48-26;1-7-25-17-35(25,48(44,45)8-2)37-30(40)28-16-26-19-39(28)31(41)29(34(4,5)6)36-32(42)46-21-22(3)12-9-10-13-23-14-11-15-24-18-38(20-27(23)24)33(43)47-26;1-7-24-16-34(24,47(6,43)44)36-29(39)27-15-25-18-38(27)30(40)28(33(3,4)5)35-31(41)45-20-21(2)11-8-9-12-22-13-10-14-23-17-37(19-26(22)23)32(42)46-25/h11,14-15,22,25-26,28-29H,7-10,12-13,16-21H2,1-6H3,(H,36,42)(H,37,40)(H,44,45);7,11,14-15,22,25-26,28-29H,1,8-10,12-13,16-21H2,2-6H3,(H,36,42)(H,37,40)(H,44,45);10,13-14,21,24-25,27-28H,7-9,11-12,15-20H2,1-6H3,(H,35,41)(H,36,39)(H,43,44)/t2*22-,25-,26-,28+,29-,35+;21-,24-,25-,27+,28-,34+/m111/s1. The first-order valence-corrected chi connectivity index (χ1v) is 57.3. The molecule has 6 fully saturated rings. The van der Waals surface area contributed by atoms with Crippen molar-refractivity contribution >= 4 is 94.3 Å². The summed E-state index contributed by atoms with van der Waals surface area (Å²) in [5, 5.41) is 12.6. The minimum Gasteiger partial charge on any atom is -0.449 e. The predicted octanol–water partition coefficient (Wildman–Crippen LogP) is 14.8. The van der Waals surface area contributed by atoms with Crippen LogP contribution in [0.1, 0.15) is 270 Å². The fourth-order valence-electron chi connectivity index (χ4n) is 22.2. The molecule has 12 aliphatic rings. The Morgan fingerprint density at radius 2 is 0.764 bits per heavy atom. The lowest BCUT2D eigenvalue weighted by Gasteiger charge is -2.35. The number of aryl methyl sites for hydroxylation is 3. The lowest BCUT2D eigenvalue weighted by molar-refractivity contribution is -0.142. The average molecular weight is 2070 g/mol. The third kappa shape index (κ3) is 25.3. The van der Waals surface area contributed by atoms with Crippen molar-refractivity contribution in [1.29, 1.82) is 0 Å². The number of ether oxygens (including phenoxy) is 6. The summed E-state index contributed by atoms with van der Waals surface area (Å²) in [6, 6.07) is 11.9. The van der Waals surface area contributed by atoms with E-state index >= 15 is 0 Å². The lowest BCUT2D eigenvalue weighted by atomic mass is 9.85. The van der Waals surface area contributed by atoms with Crippen molar-refractivity contribution in [3.63, 3.8) is 0 Å². The third-order valence-corrected chi connectivity index (χ3v) is 38.3. The summed E-state index contributed by atoms with van der Waals surface area (Å²) in [4.78, 5) is 206. The van der Waals surface area contributed by atoms with Crippen molar-refractivity contribution in [2.24, 2.45) is 51.8 Å². The first-order chi connectivity index (χ1) is 67.7. The monoisotopic (exact) mass is 2070 g/mol. The predicted molar refractivity (Wildman–Crippen MR) is 537 cm³/mol. The van der Waals surface area contributed by atoms with E-state index in [1.807, 2.05) is 91.8 Å². The second-order valence-corrected chi connectivity index (χ2v) is 52.9. The van der Waals surface area contributed by atoms with Crippen LogP contribution in [0.5, 0.6) is 0 Å². The minimum atomic E-state index is -4.26. The second kappa shape index (κ2) is 45.2. The molecular weight excluding hydrogens is 1910 g/mol. The molecule has 0 radical (unpaired) electrons. The number of nitrogens with one attached hydrogen (secondary N) is 6. The Balaban J connectivity index is 0.000000181. The van der Waals surface area contributed by atoms with Crippen LogP contribution in [0.3, 0.4) is 0 Å². The number of hydrogen-bond donors (Lipinski definition) is 9. The summed E-state index contributed by atoms with van der Waals surface area (Å²) >= 11 is 0. The van der Waals surface area contributed by atoms with Gasteiger partial charge in [0.25, 0.3) is 0 Å². The first-order valence-electron chi connectivity index (χ1n) is 51.8. The van der Waals surface area contributed by atoms with Crippen LogP contribution in [-0.4, -0.2) is 245 Å². The van der Waals surface area contributed by atoms with Crippen LogP contribution in [0.2, 0.25) is 0 Å². The van der Waals surface area contributed by atoms with Crippen LogP contribution in [0, 0.1) is 51.8 Å². The highest BCUT2D eigenvalue weighted by Crippen LogP contribution is 2.72. The van der Waals surface area contributed by atoms with Crippen LogP contribution < -0.4 is 31.9 Å². The van der Waals surface area contributed by atoms with E-state index in [1.54, 1.807) is 76.2 Å². The van der Waals surface area contributed by atoms with Crippen molar-refractivity contribution < 1.29 is 119 Å². The number of nitrogens with zero attached hydrogens (tertiary/aromatic N) is 6. The van der Waals surface area contributed by atoms with Crippen LogP contribution in [0.4, 0.5) is 28.8 Å². The molecule has 12 bridgehead atoms. The quantitative estimate of drug-likeness (QED) is 0.0388. The number of fused-ring (bicyclic) bond motifs is 9. The molecule has 796 valence electrons. The van der Waals surface area contributed by atoms with Crippen LogP contribution in [0.25, 0.3) is 0 Å². The van der Waals surface area contributed by atoms with Gasteiger partial charge in [-0.15, -0.1) is 6.58 Å². The molecule has 0 spiro atoms. The fourth-order valence-corrected chi connectivity index (χ4v) is 27.8. The molecule has 144 heavy (non-hydrogen) atoms. The molecule has 9 aliphatic heterocycles. The molecule has 9 N–H and O–H groups in total. The molecule has 12 amide bonds. The van der Waals surface area contributed by atoms with Crippen LogP contribution >= 0.6 is 22.3 Å². The summed E-state index contributed by atoms with van der Waals surface area (Å²) in [5.41, 5.74) is 7.89. The number of alkyl carbamates (subject to hydrolysis) is 3. The summed E-state index contributed by atoms with van der Waals surface area (Å²) in [6.45, 7) is 37.1. The molecule has 3 aromatic carbocycles. The average Bonchev–Trinajstić information content (AvgIpc) is 1.56. The zero-order valence-corrected chi connectivity index (χ0v) is 89.7. The maximum atomic E-state index is 14.4. The minimum absolute atomic E-state index is 0.00906. The summed E-state index contributed by atoms with van der Waals surface area (Å²) < 4.78 is 79.4. The Kier molecular flexibility index (Phi) is 35.0. The van der Waals surface area contributed by atoms with E-state index < -0.39 is 187 Å². The van der Waals surface area contributed by atoms with Gasteiger partial charge in [-0.25, -0.2) is 28.8 Å². The van der Waals surface area contributed by atoms with Crippen molar-refractivity contribution in [3.05, 3.63) is 117 Å². The Morgan fingerprint density at radius 1 is 0.458 bits per heavy atom. The molecule has 3 saturated carbocycles. The van der Waals surface area contributed by atoms with E-state index in [0.717, 1.165) is 110 Å². The van der Waals surface area contributed by atoms with Crippen LogP contribution in [0.15, 0.2) is 67.3 Å². The Morgan fingerprint density at radius 3 is 1.04 bits per heavy atom. The topological polar surface area (TPSA) is 473 Å². The van der Waals surface area contributed by atoms with Crippen molar-refractivity contribution in [2.45, 2.75) is 349 Å². The molecule has 3 aliphatic carbocycles. The largest absolute Gasteiger partial charge is 0.449 e. The highest BCUT2D eigenvalue weighted by atomic mass is 31.2. The van der Waals surface area contributed by atoms with Crippen molar-refractivity contribution in [2.75, 3.05) is 58.9 Å². The lowest BCUT2D eigenvalue weighted by Crippen LogP contribution is -2.58. The molecule has 21 atom stereocenters. The van der Waals surface area contributed by atoms with E-state index in [0.29, 0.717) is 58.5 Å². The molecule has 3 aromatic rings. The van der Waals surface area contributed by atoms with Gasteiger partial charge in [-0.05, 0) is 180 Å². The highest BCUT2D eigenvalue weighted by Gasteiger charge is 2.69. The number of amides is 12. The molecule has 40 heteroatoms. The Hall–Kier alpha value is -9.63.